The molecule has 1 aromatic carbocycles. The third-order valence-corrected chi connectivity index (χ3v) is 4.13. The van der Waals surface area contributed by atoms with Gasteiger partial charge in [0.2, 0.25) is 5.91 Å². The van der Waals surface area contributed by atoms with E-state index in [0.29, 0.717) is 26.2 Å². The summed E-state index contributed by atoms with van der Waals surface area (Å²) in [4.78, 5) is 20.5. The van der Waals surface area contributed by atoms with E-state index in [0.717, 1.165) is 18.0 Å². The lowest BCUT2D eigenvalue weighted by Crippen LogP contribution is -2.51. The Hall–Kier alpha value is -2.54. The van der Waals surface area contributed by atoms with Crippen molar-refractivity contribution in [2.45, 2.75) is 6.04 Å². The van der Waals surface area contributed by atoms with Crippen LogP contribution in [0.2, 0.25) is 0 Å². The Labute approximate surface area is 138 Å². The molecular weight excluding hydrogens is 314 g/mol. The van der Waals surface area contributed by atoms with Crippen molar-refractivity contribution in [1.82, 2.24) is 9.88 Å². The van der Waals surface area contributed by atoms with Crippen molar-refractivity contribution < 1.29 is 13.6 Å². The third-order valence-electron chi connectivity index (χ3n) is 4.13. The van der Waals surface area contributed by atoms with E-state index in [1.807, 2.05) is 18.2 Å². The van der Waals surface area contributed by atoms with Crippen LogP contribution in [-0.2, 0) is 4.79 Å². The molecule has 1 aliphatic rings. The van der Waals surface area contributed by atoms with Crippen molar-refractivity contribution in [2.24, 2.45) is 5.73 Å². The minimum atomic E-state index is -1.13. The Kier molecular flexibility index (Phi) is 4.71. The van der Waals surface area contributed by atoms with Crippen molar-refractivity contribution in [1.29, 1.82) is 0 Å². The lowest BCUT2D eigenvalue weighted by atomic mass is 10.1. The molecule has 1 amide bonds. The molecule has 24 heavy (non-hydrogen) atoms. The number of piperazine rings is 1. The van der Waals surface area contributed by atoms with Crippen LogP contribution < -0.4 is 10.6 Å². The first-order valence-electron chi connectivity index (χ1n) is 7.71. The molecule has 2 heterocycles. The molecular formula is C17H18F2N4O. The Morgan fingerprint density at radius 3 is 2.50 bits per heavy atom. The Bertz CT molecular complexity index is 718. The van der Waals surface area contributed by atoms with Crippen LogP contribution in [0.1, 0.15) is 11.6 Å². The first kappa shape index (κ1) is 16.3. The average Bonchev–Trinajstić information content (AvgIpc) is 2.61. The number of nitrogens with two attached hydrogens (primary N) is 1. The van der Waals surface area contributed by atoms with Crippen LogP contribution in [0.15, 0.2) is 42.6 Å². The van der Waals surface area contributed by atoms with Gasteiger partial charge in [-0.05, 0) is 18.2 Å². The van der Waals surface area contributed by atoms with Crippen molar-refractivity contribution in [3.8, 4) is 0 Å². The summed E-state index contributed by atoms with van der Waals surface area (Å²) in [6.07, 6.45) is 1.72. The van der Waals surface area contributed by atoms with E-state index < -0.39 is 17.7 Å². The van der Waals surface area contributed by atoms with E-state index in [2.05, 4.69) is 9.88 Å². The maximum absolute atomic E-state index is 13.8. The largest absolute Gasteiger partial charge is 0.353 e. The molecule has 5 nitrogen and oxygen atoms in total. The zero-order chi connectivity index (χ0) is 17.1. The fraction of sp³-hybridized carbons (Fsp3) is 0.294. The second-order valence-electron chi connectivity index (χ2n) is 5.64. The van der Waals surface area contributed by atoms with Crippen molar-refractivity contribution >= 4 is 11.7 Å². The maximum atomic E-state index is 13.8. The van der Waals surface area contributed by atoms with E-state index >= 15 is 0 Å². The number of hydrogen-bond donors (Lipinski definition) is 1. The molecule has 0 bridgehead atoms. The number of nitrogens with zero attached hydrogens (tertiary/aromatic N) is 3. The van der Waals surface area contributed by atoms with Gasteiger partial charge in [-0.25, -0.2) is 13.8 Å². The van der Waals surface area contributed by atoms with Gasteiger partial charge in [-0.3, -0.25) is 4.79 Å². The molecule has 0 radical (unpaired) electrons. The fourth-order valence-corrected chi connectivity index (χ4v) is 2.78. The summed E-state index contributed by atoms with van der Waals surface area (Å²) in [6, 6.07) is 7.60. The van der Waals surface area contributed by atoms with Crippen LogP contribution in [0.25, 0.3) is 0 Å². The Morgan fingerprint density at radius 2 is 1.88 bits per heavy atom. The highest BCUT2D eigenvalue weighted by Gasteiger charge is 2.28. The van der Waals surface area contributed by atoms with Gasteiger partial charge in [-0.1, -0.05) is 12.1 Å². The molecule has 2 aromatic rings. The third kappa shape index (κ3) is 3.35. The molecule has 0 saturated carbocycles. The number of rotatable bonds is 3. The summed E-state index contributed by atoms with van der Waals surface area (Å²) < 4.78 is 26.8. The van der Waals surface area contributed by atoms with Gasteiger partial charge in [0.1, 0.15) is 23.5 Å². The van der Waals surface area contributed by atoms with Gasteiger partial charge in [-0.15, -0.1) is 0 Å². The van der Waals surface area contributed by atoms with Crippen molar-refractivity contribution in [3.63, 3.8) is 0 Å². The summed E-state index contributed by atoms with van der Waals surface area (Å²) in [7, 11) is 0. The summed E-state index contributed by atoms with van der Waals surface area (Å²) in [5.41, 5.74) is 5.89. The van der Waals surface area contributed by atoms with Crippen LogP contribution in [0.3, 0.4) is 0 Å². The average molecular weight is 332 g/mol. The second kappa shape index (κ2) is 6.92. The topological polar surface area (TPSA) is 62.5 Å². The molecule has 0 spiro atoms. The number of halogens is 2. The molecule has 7 heteroatoms. The fourth-order valence-electron chi connectivity index (χ4n) is 2.78. The molecule has 1 unspecified atom stereocenters. The van der Waals surface area contributed by atoms with Gasteiger partial charge in [0, 0.05) is 44.0 Å². The summed E-state index contributed by atoms with van der Waals surface area (Å²) in [5, 5.41) is 0. The van der Waals surface area contributed by atoms with Crippen LogP contribution in [0, 0.1) is 11.6 Å². The van der Waals surface area contributed by atoms with E-state index in [-0.39, 0.29) is 11.5 Å². The van der Waals surface area contributed by atoms with Gasteiger partial charge < -0.3 is 15.5 Å². The summed E-state index contributed by atoms with van der Waals surface area (Å²) in [6.45, 7) is 2.21. The smallest absolute Gasteiger partial charge is 0.244 e. The number of pyridine rings is 1. The molecule has 2 N–H and O–H groups in total. The van der Waals surface area contributed by atoms with Crippen molar-refractivity contribution in [3.05, 3.63) is 59.8 Å². The minimum absolute atomic E-state index is 0.00792. The van der Waals surface area contributed by atoms with Gasteiger partial charge in [0.25, 0.3) is 0 Å². The lowest BCUT2D eigenvalue weighted by Gasteiger charge is -2.36. The van der Waals surface area contributed by atoms with E-state index in [1.165, 1.54) is 6.07 Å². The quantitative estimate of drug-likeness (QED) is 0.929. The zero-order valence-electron chi connectivity index (χ0n) is 13.0. The summed E-state index contributed by atoms with van der Waals surface area (Å²) >= 11 is 0. The highest BCUT2D eigenvalue weighted by atomic mass is 19.1. The standard InChI is InChI=1S/C17H18F2N4O/c18-12-4-5-13(14(19)11-12)16(20)17(24)23-9-7-22(8-10-23)15-3-1-2-6-21-15/h1-6,11,16H,7-10,20H2. The number of carbonyl (C=O) groups is 1. The van der Waals surface area contributed by atoms with Crippen LogP contribution in [0.4, 0.5) is 14.6 Å². The molecule has 1 fully saturated rings. The summed E-state index contributed by atoms with van der Waals surface area (Å²) in [5.74, 6) is -0.998. The predicted octanol–water partition coefficient (Wildman–Crippen LogP) is 1.71. The SMILES string of the molecule is NC(C(=O)N1CCN(c2ccccn2)CC1)c1ccc(F)cc1F. The number of benzene rings is 1. The number of anilines is 1. The number of carbonyl (C=O) groups excluding carboxylic acids is 1. The van der Waals surface area contributed by atoms with Crippen LogP contribution >= 0.6 is 0 Å². The number of amides is 1. The molecule has 3 rings (SSSR count). The monoisotopic (exact) mass is 332 g/mol. The highest BCUT2D eigenvalue weighted by molar-refractivity contribution is 5.83. The Balaban J connectivity index is 1.64. The van der Waals surface area contributed by atoms with Gasteiger partial charge in [0.05, 0.1) is 0 Å². The zero-order valence-corrected chi connectivity index (χ0v) is 13.0. The van der Waals surface area contributed by atoms with Crippen LogP contribution in [-0.4, -0.2) is 42.0 Å². The molecule has 1 atom stereocenters. The second-order valence-corrected chi connectivity index (χ2v) is 5.64. The molecule has 1 aliphatic heterocycles. The molecule has 1 saturated heterocycles. The van der Waals surface area contributed by atoms with E-state index in [9.17, 15) is 13.6 Å². The normalized spacial score (nSPS) is 16.1. The van der Waals surface area contributed by atoms with Gasteiger partial charge >= 0.3 is 0 Å². The van der Waals surface area contributed by atoms with E-state index in [4.69, 9.17) is 5.73 Å². The van der Waals surface area contributed by atoms with Crippen molar-refractivity contribution in [2.75, 3.05) is 31.1 Å². The number of aromatic nitrogens is 1. The van der Waals surface area contributed by atoms with Gasteiger partial charge in [-0.2, -0.15) is 0 Å². The van der Waals surface area contributed by atoms with E-state index in [1.54, 1.807) is 11.1 Å². The molecule has 1 aromatic heterocycles. The predicted molar refractivity (Wildman–Crippen MR) is 86.3 cm³/mol. The Morgan fingerprint density at radius 1 is 1.12 bits per heavy atom. The molecule has 126 valence electrons. The lowest BCUT2D eigenvalue weighted by molar-refractivity contribution is -0.133. The molecule has 0 aliphatic carbocycles. The minimum Gasteiger partial charge on any atom is -0.353 e. The first-order valence-corrected chi connectivity index (χ1v) is 7.71. The van der Waals surface area contributed by atoms with Crippen LogP contribution in [0.5, 0.6) is 0 Å². The highest BCUT2D eigenvalue weighted by Crippen LogP contribution is 2.20. The van der Waals surface area contributed by atoms with Gasteiger partial charge in [0.15, 0.2) is 0 Å². The maximum Gasteiger partial charge on any atom is 0.244 e. The first-order chi connectivity index (χ1) is 11.6. The number of hydrogen-bond acceptors (Lipinski definition) is 4.